The molecule has 0 spiro atoms. The number of Topliss-reactive ketones (excluding diaryl/α,β-unsaturated/α-hetero) is 1. The Morgan fingerprint density at radius 3 is 2.95 bits per heavy atom. The van der Waals surface area contributed by atoms with E-state index in [1.807, 2.05) is 47.4 Å². The summed E-state index contributed by atoms with van der Waals surface area (Å²) in [6.07, 6.45) is 5.29. The van der Waals surface area contributed by atoms with Crippen LogP contribution in [0.1, 0.15) is 12.0 Å². The van der Waals surface area contributed by atoms with Crippen molar-refractivity contribution in [3.05, 3.63) is 48.3 Å². The number of para-hydroxylation sites is 1. The number of aromatic nitrogens is 2. The number of carbonyl (C=O) groups excluding carboxylic acids is 1. The standard InChI is InChI=1S/C15H17N3O/c19-15-6-7-16-10-13(15)8-12-9-17-18(11-12)14-4-2-1-3-5-14/h1-5,9,11,13,16H,6-8,10H2. The molecule has 1 unspecified atom stereocenters. The first kappa shape index (κ1) is 12.1. The van der Waals surface area contributed by atoms with Crippen LogP contribution >= 0.6 is 0 Å². The Morgan fingerprint density at radius 2 is 2.16 bits per heavy atom. The van der Waals surface area contributed by atoms with Crippen LogP contribution in [0.3, 0.4) is 0 Å². The third-order valence-corrected chi connectivity index (χ3v) is 3.53. The van der Waals surface area contributed by atoms with E-state index in [9.17, 15) is 4.79 Å². The SMILES string of the molecule is O=C1CCNCC1Cc1cnn(-c2ccccc2)c1. The van der Waals surface area contributed by atoms with E-state index in [4.69, 9.17) is 0 Å². The lowest BCUT2D eigenvalue weighted by atomic mass is 9.92. The van der Waals surface area contributed by atoms with Gasteiger partial charge in [-0.3, -0.25) is 4.79 Å². The van der Waals surface area contributed by atoms with Crippen LogP contribution in [0.4, 0.5) is 0 Å². The molecule has 0 bridgehead atoms. The van der Waals surface area contributed by atoms with Gasteiger partial charge >= 0.3 is 0 Å². The van der Waals surface area contributed by atoms with Crippen LogP contribution in [0.2, 0.25) is 0 Å². The molecule has 3 rings (SSSR count). The minimum Gasteiger partial charge on any atom is -0.316 e. The third kappa shape index (κ3) is 2.74. The fourth-order valence-corrected chi connectivity index (χ4v) is 2.46. The predicted octanol–water partition coefficient (Wildman–Crippen LogP) is 1.59. The fourth-order valence-electron chi connectivity index (χ4n) is 2.46. The molecule has 1 atom stereocenters. The second-order valence-corrected chi connectivity index (χ2v) is 4.95. The summed E-state index contributed by atoms with van der Waals surface area (Å²) in [4.78, 5) is 11.8. The first-order valence-electron chi connectivity index (χ1n) is 6.65. The van der Waals surface area contributed by atoms with E-state index in [2.05, 4.69) is 10.4 Å². The highest BCUT2D eigenvalue weighted by atomic mass is 16.1. The van der Waals surface area contributed by atoms with Crippen molar-refractivity contribution in [2.75, 3.05) is 13.1 Å². The van der Waals surface area contributed by atoms with Crippen LogP contribution < -0.4 is 5.32 Å². The summed E-state index contributed by atoms with van der Waals surface area (Å²) in [7, 11) is 0. The second kappa shape index (κ2) is 5.36. The molecule has 1 aromatic carbocycles. The van der Waals surface area contributed by atoms with Crippen molar-refractivity contribution in [3.8, 4) is 5.69 Å². The largest absolute Gasteiger partial charge is 0.316 e. The highest BCUT2D eigenvalue weighted by Crippen LogP contribution is 2.15. The molecular weight excluding hydrogens is 238 g/mol. The molecule has 1 aliphatic heterocycles. The summed E-state index contributed by atoms with van der Waals surface area (Å²) in [5.74, 6) is 0.466. The molecule has 1 fully saturated rings. The number of ketones is 1. The fraction of sp³-hybridized carbons (Fsp3) is 0.333. The van der Waals surface area contributed by atoms with Crippen molar-refractivity contribution >= 4 is 5.78 Å². The van der Waals surface area contributed by atoms with E-state index >= 15 is 0 Å². The zero-order valence-electron chi connectivity index (χ0n) is 10.7. The Balaban J connectivity index is 1.73. The molecule has 2 aromatic rings. The van der Waals surface area contributed by atoms with Crippen molar-refractivity contribution in [1.82, 2.24) is 15.1 Å². The first-order chi connectivity index (χ1) is 9.33. The van der Waals surface area contributed by atoms with Crippen molar-refractivity contribution < 1.29 is 4.79 Å². The molecule has 1 N–H and O–H groups in total. The van der Waals surface area contributed by atoms with Gasteiger partial charge < -0.3 is 5.32 Å². The Bertz CT molecular complexity index is 562. The lowest BCUT2D eigenvalue weighted by molar-refractivity contribution is -0.123. The summed E-state index contributed by atoms with van der Waals surface area (Å²) in [5, 5.41) is 7.64. The van der Waals surface area contributed by atoms with Gasteiger partial charge in [0.05, 0.1) is 11.9 Å². The van der Waals surface area contributed by atoms with Gasteiger partial charge in [-0.15, -0.1) is 0 Å². The van der Waals surface area contributed by atoms with Crippen LogP contribution in [-0.4, -0.2) is 28.7 Å². The molecule has 1 aliphatic rings. The van der Waals surface area contributed by atoms with Crippen molar-refractivity contribution in [1.29, 1.82) is 0 Å². The number of carbonyl (C=O) groups is 1. The topological polar surface area (TPSA) is 46.9 Å². The summed E-state index contributed by atoms with van der Waals surface area (Å²) in [5.41, 5.74) is 2.16. The molecule has 1 aromatic heterocycles. The lowest BCUT2D eigenvalue weighted by Gasteiger charge is -2.20. The monoisotopic (exact) mass is 255 g/mol. The van der Waals surface area contributed by atoms with Crippen molar-refractivity contribution in [3.63, 3.8) is 0 Å². The van der Waals surface area contributed by atoms with Gasteiger partial charge in [0.2, 0.25) is 0 Å². The molecule has 1 saturated heterocycles. The van der Waals surface area contributed by atoms with Crippen LogP contribution in [0.25, 0.3) is 5.69 Å². The smallest absolute Gasteiger partial charge is 0.138 e. The van der Waals surface area contributed by atoms with Gasteiger partial charge in [-0.1, -0.05) is 18.2 Å². The number of piperidine rings is 1. The van der Waals surface area contributed by atoms with Gasteiger partial charge in [0, 0.05) is 31.6 Å². The van der Waals surface area contributed by atoms with E-state index in [1.165, 1.54) is 0 Å². The van der Waals surface area contributed by atoms with Gasteiger partial charge in [-0.25, -0.2) is 4.68 Å². The van der Waals surface area contributed by atoms with Gasteiger partial charge in [0.25, 0.3) is 0 Å². The quantitative estimate of drug-likeness (QED) is 0.906. The average molecular weight is 255 g/mol. The normalized spacial score (nSPS) is 19.6. The molecular formula is C15H17N3O. The summed E-state index contributed by atoms with van der Waals surface area (Å²) in [6, 6.07) is 10.0. The molecule has 2 heterocycles. The maximum atomic E-state index is 11.8. The van der Waals surface area contributed by atoms with Crippen LogP contribution in [-0.2, 0) is 11.2 Å². The molecule has 98 valence electrons. The summed E-state index contributed by atoms with van der Waals surface area (Å²) in [6.45, 7) is 1.61. The van der Waals surface area contributed by atoms with Crippen LogP contribution in [0.15, 0.2) is 42.7 Å². The number of nitrogens with zero attached hydrogens (tertiary/aromatic N) is 2. The van der Waals surface area contributed by atoms with Gasteiger partial charge in [0.1, 0.15) is 5.78 Å². The summed E-state index contributed by atoms with van der Waals surface area (Å²) < 4.78 is 1.86. The Hall–Kier alpha value is -1.94. The molecule has 0 radical (unpaired) electrons. The van der Waals surface area contributed by atoms with E-state index in [1.54, 1.807) is 0 Å². The number of rotatable bonds is 3. The zero-order valence-corrected chi connectivity index (χ0v) is 10.7. The average Bonchev–Trinajstić information content (AvgIpc) is 2.91. The van der Waals surface area contributed by atoms with Crippen molar-refractivity contribution in [2.45, 2.75) is 12.8 Å². The molecule has 0 saturated carbocycles. The maximum Gasteiger partial charge on any atom is 0.138 e. The number of hydrogen-bond acceptors (Lipinski definition) is 3. The lowest BCUT2D eigenvalue weighted by Crippen LogP contribution is -2.37. The number of hydrogen-bond donors (Lipinski definition) is 1. The van der Waals surface area contributed by atoms with E-state index in [-0.39, 0.29) is 5.92 Å². The highest BCUT2D eigenvalue weighted by molar-refractivity contribution is 5.82. The van der Waals surface area contributed by atoms with Crippen LogP contribution in [0.5, 0.6) is 0 Å². The highest BCUT2D eigenvalue weighted by Gasteiger charge is 2.22. The molecule has 4 heteroatoms. The Morgan fingerprint density at radius 1 is 1.32 bits per heavy atom. The Labute approximate surface area is 112 Å². The second-order valence-electron chi connectivity index (χ2n) is 4.95. The minimum atomic E-state index is 0.0992. The molecule has 4 nitrogen and oxygen atoms in total. The van der Waals surface area contributed by atoms with E-state index in [0.29, 0.717) is 12.2 Å². The first-order valence-corrected chi connectivity index (χ1v) is 6.65. The van der Waals surface area contributed by atoms with E-state index < -0.39 is 0 Å². The van der Waals surface area contributed by atoms with Gasteiger partial charge in [-0.2, -0.15) is 5.10 Å². The number of benzene rings is 1. The van der Waals surface area contributed by atoms with E-state index in [0.717, 1.165) is 30.8 Å². The van der Waals surface area contributed by atoms with Crippen LogP contribution in [0, 0.1) is 5.92 Å². The predicted molar refractivity (Wildman–Crippen MR) is 73.3 cm³/mol. The maximum absolute atomic E-state index is 11.8. The molecule has 19 heavy (non-hydrogen) atoms. The summed E-state index contributed by atoms with van der Waals surface area (Å²) >= 11 is 0. The Kier molecular flexibility index (Phi) is 3.42. The third-order valence-electron chi connectivity index (χ3n) is 3.53. The zero-order chi connectivity index (χ0) is 13.1. The van der Waals surface area contributed by atoms with Gasteiger partial charge in [-0.05, 0) is 24.1 Å². The molecule has 0 aliphatic carbocycles. The van der Waals surface area contributed by atoms with Crippen molar-refractivity contribution in [2.24, 2.45) is 5.92 Å². The number of nitrogens with one attached hydrogen (secondary N) is 1. The van der Waals surface area contributed by atoms with Gasteiger partial charge in [0.15, 0.2) is 0 Å². The minimum absolute atomic E-state index is 0.0992. The molecule has 0 amide bonds.